The summed E-state index contributed by atoms with van der Waals surface area (Å²) in [7, 11) is 0. The highest BCUT2D eigenvalue weighted by atomic mass is 19.1. The number of alkyl halides is 1. The summed E-state index contributed by atoms with van der Waals surface area (Å²) in [5.74, 6) is 0.0155. The van der Waals surface area contributed by atoms with Crippen LogP contribution in [-0.2, 0) is 15.9 Å². The number of benzene rings is 2. The minimum absolute atomic E-state index is 0. The van der Waals surface area contributed by atoms with Crippen molar-refractivity contribution in [2.75, 3.05) is 64.0 Å². The Bertz CT molecular complexity index is 2230. The lowest BCUT2D eigenvalue weighted by Crippen LogP contribution is -2.57. The van der Waals surface area contributed by atoms with Crippen molar-refractivity contribution >= 4 is 39.7 Å². The van der Waals surface area contributed by atoms with Gasteiger partial charge < -0.3 is 34.1 Å². The van der Waals surface area contributed by atoms with Crippen molar-refractivity contribution in [1.29, 1.82) is 0 Å². The third kappa shape index (κ3) is 7.47. The summed E-state index contributed by atoms with van der Waals surface area (Å²) in [5, 5.41) is 4.94. The number of anilines is 1. The number of hydrogen-bond donors (Lipinski definition) is 1. The van der Waals surface area contributed by atoms with E-state index in [4.69, 9.17) is 33.9 Å². The minimum Gasteiger partial charge on any atom is -0.461 e. The molecule has 13 nitrogen and oxygen atoms in total. The van der Waals surface area contributed by atoms with E-state index in [2.05, 4.69) is 10.2 Å². The maximum Gasteiger partial charge on any atom is 0.415 e. The molecule has 6 bridgehead atoms. The molecule has 10 rings (SSSR count). The largest absolute Gasteiger partial charge is 0.461 e. The van der Waals surface area contributed by atoms with Crippen molar-refractivity contribution in [1.82, 2.24) is 30.1 Å². The Balaban J connectivity index is 0.00000484. The lowest BCUT2D eigenvalue weighted by molar-refractivity contribution is 0.0177. The van der Waals surface area contributed by atoms with Crippen molar-refractivity contribution in [2.45, 2.75) is 95.0 Å². The SMILES string of the molecule is CCOC1CCN(C(=O)Oc2cc3c4c(cccc4c2)CCCOC(=O)N[C@]2(C)CCCN(C2)c2nc(OC[C@@]45CCCN4C[C@H](F)C5)nc4c(F)c-3ncc24)CC1.[HH]. The van der Waals surface area contributed by atoms with Crippen LogP contribution in [-0.4, -0.2) is 119 Å². The maximum absolute atomic E-state index is 17.6. The fourth-order valence-corrected chi connectivity index (χ4v) is 9.93. The number of ether oxygens (including phenoxy) is 4. The third-order valence-corrected chi connectivity index (χ3v) is 12.7. The Morgan fingerprint density at radius 2 is 1.95 bits per heavy atom. The van der Waals surface area contributed by atoms with Crippen LogP contribution in [0.1, 0.15) is 72.2 Å². The topological polar surface area (TPSA) is 131 Å². The first kappa shape index (κ1) is 38.6. The molecule has 3 atom stereocenters. The third-order valence-electron chi connectivity index (χ3n) is 12.7. The van der Waals surface area contributed by atoms with E-state index in [1.807, 2.05) is 36.9 Å². The number of nitrogens with zero attached hydrogens (tertiary/aromatic N) is 6. The van der Waals surface area contributed by atoms with E-state index in [9.17, 15) is 14.0 Å². The molecule has 4 aromatic rings. The molecule has 1 N–H and O–H groups in total. The van der Waals surface area contributed by atoms with Crippen LogP contribution in [0, 0.1) is 5.82 Å². The zero-order valence-corrected chi connectivity index (χ0v) is 33.2. The summed E-state index contributed by atoms with van der Waals surface area (Å²) < 4.78 is 56.1. The number of alkyl carbamates (subject to hydrolysis) is 1. The molecule has 0 unspecified atom stereocenters. The molecule has 58 heavy (non-hydrogen) atoms. The molecule has 6 aliphatic rings. The number of carbonyl (C=O) groups excluding carboxylic acids is 2. The number of aromatic nitrogens is 3. The second-order valence-electron chi connectivity index (χ2n) is 16.8. The Hall–Kier alpha value is -4.89. The normalized spacial score (nSPS) is 25.5. The fourth-order valence-electron chi connectivity index (χ4n) is 9.93. The summed E-state index contributed by atoms with van der Waals surface area (Å²) in [6, 6.07) is 9.22. The van der Waals surface area contributed by atoms with Gasteiger partial charge in [0, 0.05) is 58.9 Å². The molecule has 4 fully saturated rings. The molecular weight excluding hydrogens is 749 g/mol. The lowest BCUT2D eigenvalue weighted by atomic mass is 9.91. The number of rotatable bonds is 6. The molecular formula is C43H53F2N7O6. The molecule has 15 heteroatoms. The van der Waals surface area contributed by atoms with Crippen LogP contribution in [0.25, 0.3) is 32.9 Å². The van der Waals surface area contributed by atoms with Crippen LogP contribution in [0.2, 0.25) is 0 Å². The zero-order valence-electron chi connectivity index (χ0n) is 33.2. The number of piperidine rings is 2. The number of carbonyl (C=O) groups is 2. The number of amides is 2. The van der Waals surface area contributed by atoms with Gasteiger partial charge in [0.25, 0.3) is 0 Å². The number of fused-ring (bicyclic) bond motifs is 7. The number of aryl methyl sites for hydroxylation is 1. The highest BCUT2D eigenvalue weighted by Crippen LogP contribution is 2.42. The first-order chi connectivity index (χ1) is 28.1. The van der Waals surface area contributed by atoms with E-state index >= 15 is 4.39 Å². The Morgan fingerprint density at radius 3 is 2.79 bits per heavy atom. The number of nitrogens with one attached hydrogen (secondary N) is 1. The average Bonchev–Trinajstić information content (AvgIpc) is 3.74. The molecule has 2 amide bonds. The number of likely N-dealkylation sites (tertiary alicyclic amines) is 1. The zero-order chi connectivity index (χ0) is 40.0. The van der Waals surface area contributed by atoms with E-state index in [-0.39, 0.29) is 43.7 Å². The summed E-state index contributed by atoms with van der Waals surface area (Å²) in [6.45, 7) is 8.06. The van der Waals surface area contributed by atoms with Gasteiger partial charge in [-0.3, -0.25) is 9.88 Å². The van der Waals surface area contributed by atoms with E-state index in [0.717, 1.165) is 42.1 Å². The van der Waals surface area contributed by atoms with Crippen LogP contribution < -0.4 is 19.7 Å². The van der Waals surface area contributed by atoms with E-state index < -0.39 is 35.3 Å². The standard InChI is InChI=1S/C43H51F2N7O6.H2/c1-3-55-30-11-17-50(18-12-30)41(54)58-31-20-28-9-4-8-27-10-5-19-56-40(53)49-42(2)13-6-15-51(25-42)38-33-23-46-36(32(21-31)34(27)28)35(45)37(33)47-39(48-38)57-26-43-14-7-16-52(43)24-29(44)22-43;/h4,8-9,20-21,23,29-30H,3,5-7,10-19,22,24-26H2,1-2H3,(H,49,53);1H/t29-,42-,43+;/m1./s1. The predicted molar refractivity (Wildman–Crippen MR) is 216 cm³/mol. The minimum atomic E-state index is -0.938. The lowest BCUT2D eigenvalue weighted by Gasteiger charge is -2.41. The number of pyridine rings is 1. The van der Waals surface area contributed by atoms with Gasteiger partial charge in [-0.05, 0) is 100 Å². The monoisotopic (exact) mass is 801 g/mol. The molecule has 8 heterocycles. The molecule has 2 aromatic carbocycles. The number of halogens is 2. The Labute approximate surface area is 337 Å². The molecule has 0 radical (unpaired) electrons. The molecule has 0 spiro atoms. The molecule has 0 aliphatic carbocycles. The Kier molecular flexibility index (Phi) is 10.5. The van der Waals surface area contributed by atoms with Crippen molar-refractivity contribution in [2.24, 2.45) is 0 Å². The summed E-state index contributed by atoms with van der Waals surface area (Å²) in [5.41, 5.74) is 0.255. The van der Waals surface area contributed by atoms with Crippen LogP contribution in [0.3, 0.4) is 0 Å². The molecule has 2 aromatic heterocycles. The van der Waals surface area contributed by atoms with Gasteiger partial charge in [0.15, 0.2) is 5.82 Å². The smallest absolute Gasteiger partial charge is 0.415 e. The molecule has 6 aliphatic heterocycles. The van der Waals surface area contributed by atoms with Crippen molar-refractivity contribution in [3.05, 3.63) is 47.9 Å². The van der Waals surface area contributed by atoms with E-state index in [1.54, 1.807) is 23.2 Å². The van der Waals surface area contributed by atoms with Gasteiger partial charge >= 0.3 is 18.2 Å². The number of hydrogen-bond acceptors (Lipinski definition) is 11. The summed E-state index contributed by atoms with van der Waals surface area (Å²) in [4.78, 5) is 46.9. The van der Waals surface area contributed by atoms with E-state index in [0.29, 0.717) is 94.6 Å². The van der Waals surface area contributed by atoms with Crippen LogP contribution in [0.4, 0.5) is 24.2 Å². The first-order valence-electron chi connectivity index (χ1n) is 20.8. The van der Waals surface area contributed by atoms with Crippen molar-refractivity contribution in [3.63, 3.8) is 0 Å². The summed E-state index contributed by atoms with van der Waals surface area (Å²) in [6.07, 6.45) is 5.80. The summed E-state index contributed by atoms with van der Waals surface area (Å²) >= 11 is 0. The second kappa shape index (κ2) is 15.7. The van der Waals surface area contributed by atoms with Gasteiger partial charge in [0.1, 0.15) is 35.6 Å². The van der Waals surface area contributed by atoms with Crippen molar-refractivity contribution < 1.29 is 38.7 Å². The van der Waals surface area contributed by atoms with Crippen LogP contribution >= 0.6 is 0 Å². The fraction of sp³-hybridized carbons (Fsp3) is 0.558. The predicted octanol–water partition coefficient (Wildman–Crippen LogP) is 7.22. The maximum atomic E-state index is 17.6. The highest BCUT2D eigenvalue weighted by Gasteiger charge is 2.49. The van der Waals surface area contributed by atoms with Crippen LogP contribution in [0.15, 0.2) is 36.5 Å². The highest BCUT2D eigenvalue weighted by molar-refractivity contribution is 6.02. The van der Waals surface area contributed by atoms with Gasteiger partial charge in [-0.15, -0.1) is 0 Å². The van der Waals surface area contributed by atoms with E-state index in [1.165, 1.54) is 0 Å². The van der Waals surface area contributed by atoms with Gasteiger partial charge in [-0.1, -0.05) is 18.2 Å². The average molecular weight is 802 g/mol. The Morgan fingerprint density at radius 1 is 1.10 bits per heavy atom. The van der Waals surface area contributed by atoms with Gasteiger partial charge in [-0.25, -0.2) is 18.4 Å². The van der Waals surface area contributed by atoms with Crippen molar-refractivity contribution in [3.8, 4) is 23.0 Å². The van der Waals surface area contributed by atoms with Gasteiger partial charge in [0.2, 0.25) is 0 Å². The van der Waals surface area contributed by atoms with Gasteiger partial charge in [-0.2, -0.15) is 9.97 Å². The molecule has 4 saturated heterocycles. The quantitative estimate of drug-likeness (QED) is 0.212. The van der Waals surface area contributed by atoms with Crippen LogP contribution in [0.5, 0.6) is 11.8 Å². The molecule has 0 saturated carbocycles. The second-order valence-corrected chi connectivity index (χ2v) is 16.8. The van der Waals surface area contributed by atoms with Gasteiger partial charge in [0.05, 0.1) is 29.2 Å². The first-order valence-corrected chi connectivity index (χ1v) is 20.8. The molecule has 310 valence electrons.